The molecule has 156 valence electrons. The van der Waals surface area contributed by atoms with Gasteiger partial charge in [-0.25, -0.2) is 0 Å². The van der Waals surface area contributed by atoms with Gasteiger partial charge in [-0.1, -0.05) is 35.4 Å². The van der Waals surface area contributed by atoms with Gasteiger partial charge in [0.05, 0.1) is 12.7 Å². The van der Waals surface area contributed by atoms with Crippen LogP contribution in [0.3, 0.4) is 0 Å². The molecule has 1 unspecified atom stereocenters. The van der Waals surface area contributed by atoms with Gasteiger partial charge in [-0.2, -0.15) is 0 Å². The molecule has 0 aliphatic carbocycles. The fraction of sp³-hybridized carbons (Fsp3) is 0.391. The van der Waals surface area contributed by atoms with Gasteiger partial charge < -0.3 is 9.63 Å². The lowest BCUT2D eigenvalue weighted by molar-refractivity contribution is 0.0918. The Balaban J connectivity index is 2.71. The maximum atomic E-state index is 13.9. The Morgan fingerprint density at radius 1 is 0.828 bits per heavy atom. The summed E-state index contributed by atoms with van der Waals surface area (Å²) in [5.41, 5.74) is 3.31. The number of hydrogen-bond donors (Lipinski definition) is 1. The van der Waals surface area contributed by atoms with Crippen LogP contribution < -0.4 is 0 Å². The van der Waals surface area contributed by atoms with Crippen LogP contribution in [0.5, 0.6) is 0 Å². The molecule has 0 fully saturated rings. The minimum Gasteiger partial charge on any atom is -0.394 e. The van der Waals surface area contributed by atoms with Crippen molar-refractivity contribution in [2.24, 2.45) is 0 Å². The minimum atomic E-state index is -4.49. The van der Waals surface area contributed by atoms with E-state index in [1.54, 1.807) is 27.7 Å². The molecule has 2 aromatic rings. The third-order valence-corrected chi connectivity index (χ3v) is 7.08. The molecular formula is C23H29O5P. The van der Waals surface area contributed by atoms with Gasteiger partial charge in [0.2, 0.25) is 0 Å². The summed E-state index contributed by atoms with van der Waals surface area (Å²) in [5, 5.41) is 9.43. The molecule has 0 amide bonds. The number of benzene rings is 2. The van der Waals surface area contributed by atoms with Crippen LogP contribution in [0.25, 0.3) is 0 Å². The van der Waals surface area contributed by atoms with E-state index in [1.807, 2.05) is 38.1 Å². The molecule has 2 rings (SSSR count). The summed E-state index contributed by atoms with van der Waals surface area (Å²) in [6, 6.07) is 7.25. The maximum absolute atomic E-state index is 13.9. The van der Waals surface area contributed by atoms with Crippen molar-refractivity contribution in [3.8, 4) is 0 Å². The number of aliphatic hydroxyl groups is 1. The number of aliphatic hydroxyl groups excluding tert-OH is 1. The molecule has 0 spiro atoms. The van der Waals surface area contributed by atoms with Crippen LogP contribution in [0.1, 0.15) is 61.0 Å². The summed E-state index contributed by atoms with van der Waals surface area (Å²) >= 11 is 0. The van der Waals surface area contributed by atoms with Gasteiger partial charge in [-0.15, -0.1) is 0 Å². The van der Waals surface area contributed by atoms with E-state index in [9.17, 15) is 19.3 Å². The molecule has 0 aliphatic rings. The van der Waals surface area contributed by atoms with Crippen molar-refractivity contribution in [2.45, 2.75) is 54.6 Å². The van der Waals surface area contributed by atoms with Crippen molar-refractivity contribution in [3.63, 3.8) is 0 Å². The lowest BCUT2D eigenvalue weighted by atomic mass is 10.0. The summed E-state index contributed by atoms with van der Waals surface area (Å²) in [6.07, 6.45) is -0.925. The molecule has 2 aromatic carbocycles. The van der Waals surface area contributed by atoms with Crippen LogP contribution in [0.15, 0.2) is 24.3 Å². The molecule has 0 saturated carbocycles. The van der Waals surface area contributed by atoms with Gasteiger partial charge in [-0.3, -0.25) is 14.2 Å². The lowest BCUT2D eigenvalue weighted by Gasteiger charge is -2.23. The number of carbonyl (C=O) groups is 2. The smallest absolute Gasteiger partial charge is 0.340 e. The highest BCUT2D eigenvalue weighted by atomic mass is 31.2. The maximum Gasteiger partial charge on any atom is 0.340 e. The van der Waals surface area contributed by atoms with Crippen molar-refractivity contribution in [3.05, 3.63) is 68.8 Å². The van der Waals surface area contributed by atoms with E-state index in [0.717, 1.165) is 11.1 Å². The van der Waals surface area contributed by atoms with Crippen LogP contribution in [-0.4, -0.2) is 28.9 Å². The van der Waals surface area contributed by atoms with Crippen molar-refractivity contribution < 1.29 is 23.8 Å². The van der Waals surface area contributed by atoms with E-state index < -0.39 is 31.1 Å². The molecular weight excluding hydrogens is 387 g/mol. The predicted octanol–water partition coefficient (Wildman–Crippen LogP) is 5.19. The third kappa shape index (κ3) is 4.58. The topological polar surface area (TPSA) is 80.7 Å². The average molecular weight is 416 g/mol. The molecule has 0 aromatic heterocycles. The molecule has 6 heteroatoms. The van der Waals surface area contributed by atoms with Gasteiger partial charge in [0.25, 0.3) is 11.0 Å². The largest absolute Gasteiger partial charge is 0.394 e. The third-order valence-electron chi connectivity index (χ3n) is 4.90. The number of carbonyl (C=O) groups excluding carboxylic acids is 2. The molecule has 0 heterocycles. The van der Waals surface area contributed by atoms with E-state index >= 15 is 0 Å². The van der Waals surface area contributed by atoms with E-state index in [0.29, 0.717) is 22.3 Å². The van der Waals surface area contributed by atoms with E-state index in [-0.39, 0.29) is 11.1 Å². The Hall–Kier alpha value is -2.07. The average Bonchev–Trinajstić information content (AvgIpc) is 2.59. The molecule has 1 N–H and O–H groups in total. The van der Waals surface area contributed by atoms with Gasteiger partial charge in [-0.05, 0) is 70.7 Å². The Bertz CT molecular complexity index is 902. The molecule has 29 heavy (non-hydrogen) atoms. The second-order valence-corrected chi connectivity index (χ2v) is 9.93. The number of rotatable bonds is 7. The Morgan fingerprint density at radius 2 is 1.14 bits per heavy atom. The summed E-state index contributed by atoms with van der Waals surface area (Å²) in [5.74, 6) is 0. The van der Waals surface area contributed by atoms with E-state index in [1.165, 1.54) is 6.92 Å². The second-order valence-electron chi connectivity index (χ2n) is 7.81. The first-order valence-corrected chi connectivity index (χ1v) is 11.2. The Kier molecular flexibility index (Phi) is 7.00. The highest BCUT2D eigenvalue weighted by molar-refractivity contribution is 7.91. The zero-order valence-electron chi connectivity index (χ0n) is 18.1. The standard InChI is InChI=1S/C23H29O5P/c1-13-8-15(3)20(16(4)9-13)22(25)29(27,28-19(7)12-24)23(26)21-17(5)10-14(2)11-18(21)6/h8-11,19,24H,12H2,1-7H3. The van der Waals surface area contributed by atoms with Crippen molar-refractivity contribution in [1.82, 2.24) is 0 Å². The summed E-state index contributed by atoms with van der Waals surface area (Å²) in [4.78, 5) is 27.0. The van der Waals surface area contributed by atoms with Crippen LogP contribution in [-0.2, 0) is 9.09 Å². The van der Waals surface area contributed by atoms with Gasteiger partial charge in [0.15, 0.2) is 0 Å². The van der Waals surface area contributed by atoms with Crippen LogP contribution in [0, 0.1) is 41.5 Å². The molecule has 0 saturated heterocycles. The van der Waals surface area contributed by atoms with Crippen LogP contribution in [0.4, 0.5) is 0 Å². The van der Waals surface area contributed by atoms with E-state index in [4.69, 9.17) is 4.52 Å². The van der Waals surface area contributed by atoms with Crippen molar-refractivity contribution in [1.29, 1.82) is 0 Å². The zero-order valence-corrected chi connectivity index (χ0v) is 19.0. The predicted molar refractivity (Wildman–Crippen MR) is 115 cm³/mol. The minimum absolute atomic E-state index is 0.236. The molecule has 1 atom stereocenters. The fourth-order valence-electron chi connectivity index (χ4n) is 3.80. The summed E-state index contributed by atoms with van der Waals surface area (Å²) in [7, 11) is -4.49. The first-order valence-electron chi connectivity index (χ1n) is 9.57. The lowest BCUT2D eigenvalue weighted by Crippen LogP contribution is -2.22. The highest BCUT2D eigenvalue weighted by Crippen LogP contribution is 2.55. The molecule has 0 radical (unpaired) electrons. The fourth-order valence-corrected chi connectivity index (χ4v) is 6.05. The molecule has 0 bridgehead atoms. The molecule has 5 nitrogen and oxygen atoms in total. The first kappa shape index (κ1) is 23.2. The quantitative estimate of drug-likeness (QED) is 0.628. The summed E-state index contributed by atoms with van der Waals surface area (Å²) in [6.45, 7) is 11.8. The first-order chi connectivity index (χ1) is 13.4. The SMILES string of the molecule is Cc1cc(C)c(C(=O)P(=O)(OC(C)CO)C(=O)c2c(C)cc(C)cc2C)c(C)c1. The van der Waals surface area contributed by atoms with Gasteiger partial charge in [0, 0.05) is 11.1 Å². The number of aryl methyl sites for hydroxylation is 6. The van der Waals surface area contributed by atoms with Gasteiger partial charge >= 0.3 is 7.37 Å². The highest BCUT2D eigenvalue weighted by Gasteiger charge is 2.45. The monoisotopic (exact) mass is 416 g/mol. The van der Waals surface area contributed by atoms with Crippen LogP contribution in [0.2, 0.25) is 0 Å². The Labute approximate surface area is 172 Å². The van der Waals surface area contributed by atoms with Gasteiger partial charge in [0.1, 0.15) is 0 Å². The van der Waals surface area contributed by atoms with E-state index in [2.05, 4.69) is 0 Å². The zero-order chi connectivity index (χ0) is 22.1. The number of hydrogen-bond acceptors (Lipinski definition) is 5. The second kappa shape index (κ2) is 8.74. The summed E-state index contributed by atoms with van der Waals surface area (Å²) < 4.78 is 19.4. The van der Waals surface area contributed by atoms with Crippen LogP contribution >= 0.6 is 7.37 Å². The van der Waals surface area contributed by atoms with Crippen molar-refractivity contribution >= 4 is 18.4 Å². The Morgan fingerprint density at radius 3 is 1.41 bits per heavy atom. The normalized spacial score (nSPS) is 12.7. The molecule has 0 aliphatic heterocycles. The van der Waals surface area contributed by atoms with Crippen molar-refractivity contribution in [2.75, 3.05) is 6.61 Å².